The van der Waals surface area contributed by atoms with Crippen molar-refractivity contribution in [3.8, 4) is 0 Å². The quantitative estimate of drug-likeness (QED) is 0.803. The van der Waals surface area contributed by atoms with Crippen molar-refractivity contribution >= 4 is 16.8 Å². The lowest BCUT2D eigenvalue weighted by molar-refractivity contribution is 0.0951. The number of carbonyl (C=O) groups is 1. The summed E-state index contributed by atoms with van der Waals surface area (Å²) in [6.45, 7) is 4.57. The maximum absolute atomic E-state index is 12.4. The molecule has 4 heteroatoms. The van der Waals surface area contributed by atoms with Gasteiger partial charge in [-0.25, -0.2) is 0 Å². The van der Waals surface area contributed by atoms with Crippen LogP contribution < -0.4 is 10.9 Å². The standard InChI is InChI=1S/C20H20N2O2/c1-14-7-3-5-9-17(14)19(23)21-11-12-22-18-10-6-4-8-16(18)13-15(2)20(22)24/h3-10,13H,11-12H2,1-2H3,(H,21,23). The van der Waals surface area contributed by atoms with Crippen LogP contribution in [-0.2, 0) is 6.54 Å². The second-order valence-electron chi connectivity index (χ2n) is 5.91. The molecule has 4 nitrogen and oxygen atoms in total. The Kier molecular flexibility index (Phi) is 4.47. The van der Waals surface area contributed by atoms with Crippen molar-refractivity contribution in [3.05, 3.63) is 81.6 Å². The molecular weight excluding hydrogens is 300 g/mol. The van der Waals surface area contributed by atoms with Crippen molar-refractivity contribution in [2.45, 2.75) is 20.4 Å². The zero-order chi connectivity index (χ0) is 17.1. The fourth-order valence-corrected chi connectivity index (χ4v) is 2.90. The van der Waals surface area contributed by atoms with Gasteiger partial charge in [-0.2, -0.15) is 0 Å². The van der Waals surface area contributed by atoms with E-state index in [1.165, 1.54) is 0 Å². The first-order chi connectivity index (χ1) is 11.6. The van der Waals surface area contributed by atoms with Gasteiger partial charge in [-0.1, -0.05) is 36.4 Å². The topological polar surface area (TPSA) is 51.1 Å². The predicted octanol–water partition coefficient (Wildman–Crippen LogP) is 3.05. The molecule has 3 aromatic rings. The van der Waals surface area contributed by atoms with Crippen LogP contribution in [0.5, 0.6) is 0 Å². The van der Waals surface area contributed by atoms with Crippen LogP contribution in [0.15, 0.2) is 59.4 Å². The van der Waals surface area contributed by atoms with Crippen LogP contribution in [0.3, 0.4) is 0 Å². The van der Waals surface area contributed by atoms with Gasteiger partial charge in [0.15, 0.2) is 0 Å². The number of hydrogen-bond donors (Lipinski definition) is 1. The molecule has 0 radical (unpaired) electrons. The van der Waals surface area contributed by atoms with E-state index in [0.29, 0.717) is 24.2 Å². The van der Waals surface area contributed by atoms with Crippen molar-refractivity contribution < 1.29 is 4.79 Å². The Bertz CT molecular complexity index is 957. The number of benzene rings is 2. The maximum atomic E-state index is 12.4. The highest BCUT2D eigenvalue weighted by atomic mass is 16.1. The second-order valence-corrected chi connectivity index (χ2v) is 5.91. The molecule has 0 fully saturated rings. The van der Waals surface area contributed by atoms with Gasteiger partial charge in [-0.05, 0) is 43.0 Å². The van der Waals surface area contributed by atoms with E-state index >= 15 is 0 Å². The summed E-state index contributed by atoms with van der Waals surface area (Å²) in [4.78, 5) is 24.7. The minimum atomic E-state index is -0.113. The molecule has 0 bridgehead atoms. The summed E-state index contributed by atoms with van der Waals surface area (Å²) >= 11 is 0. The van der Waals surface area contributed by atoms with E-state index in [0.717, 1.165) is 16.5 Å². The highest BCUT2D eigenvalue weighted by Crippen LogP contribution is 2.13. The zero-order valence-electron chi connectivity index (χ0n) is 13.9. The van der Waals surface area contributed by atoms with Crippen LogP contribution >= 0.6 is 0 Å². The molecule has 1 N–H and O–H groups in total. The lowest BCUT2D eigenvalue weighted by Gasteiger charge is -2.13. The van der Waals surface area contributed by atoms with E-state index in [9.17, 15) is 9.59 Å². The van der Waals surface area contributed by atoms with Gasteiger partial charge in [-0.3, -0.25) is 9.59 Å². The number of amides is 1. The van der Waals surface area contributed by atoms with Crippen LogP contribution in [0.4, 0.5) is 0 Å². The number of aromatic nitrogens is 1. The summed E-state index contributed by atoms with van der Waals surface area (Å²) in [5.41, 5.74) is 3.18. The van der Waals surface area contributed by atoms with Gasteiger partial charge in [0, 0.05) is 24.2 Å². The molecule has 1 aromatic heterocycles. The molecule has 0 atom stereocenters. The number of para-hydroxylation sites is 1. The maximum Gasteiger partial charge on any atom is 0.254 e. The molecule has 3 rings (SSSR count). The van der Waals surface area contributed by atoms with Gasteiger partial charge in [0.05, 0.1) is 5.52 Å². The SMILES string of the molecule is Cc1ccccc1C(=O)NCCn1c(=O)c(C)cc2ccccc21. The van der Waals surface area contributed by atoms with Crippen LogP contribution in [0.1, 0.15) is 21.5 Å². The van der Waals surface area contributed by atoms with Gasteiger partial charge in [-0.15, -0.1) is 0 Å². The van der Waals surface area contributed by atoms with Crippen LogP contribution in [0, 0.1) is 13.8 Å². The normalized spacial score (nSPS) is 10.8. The lowest BCUT2D eigenvalue weighted by Crippen LogP contribution is -2.32. The van der Waals surface area contributed by atoms with Gasteiger partial charge < -0.3 is 9.88 Å². The number of rotatable bonds is 4. The fourth-order valence-electron chi connectivity index (χ4n) is 2.90. The number of pyridine rings is 1. The Morgan fingerprint density at radius 1 is 1.00 bits per heavy atom. The summed E-state index contributed by atoms with van der Waals surface area (Å²) in [6, 6.07) is 17.2. The molecule has 0 spiro atoms. The summed E-state index contributed by atoms with van der Waals surface area (Å²) in [5.74, 6) is -0.113. The van der Waals surface area contributed by atoms with E-state index in [2.05, 4.69) is 5.32 Å². The summed E-state index contributed by atoms with van der Waals surface area (Å²) < 4.78 is 1.72. The molecule has 0 saturated heterocycles. The molecule has 0 unspecified atom stereocenters. The van der Waals surface area contributed by atoms with E-state index < -0.39 is 0 Å². The molecule has 2 aromatic carbocycles. The number of nitrogens with zero attached hydrogens (tertiary/aromatic N) is 1. The Labute approximate surface area is 140 Å². The molecule has 0 aliphatic carbocycles. The molecule has 122 valence electrons. The van der Waals surface area contributed by atoms with Gasteiger partial charge in [0.1, 0.15) is 0 Å². The first kappa shape index (κ1) is 16.0. The van der Waals surface area contributed by atoms with Crippen molar-refractivity contribution in [2.75, 3.05) is 6.54 Å². The third kappa shape index (κ3) is 3.08. The molecule has 1 amide bonds. The molecule has 0 aliphatic heterocycles. The largest absolute Gasteiger partial charge is 0.350 e. The number of aryl methyl sites for hydroxylation is 2. The number of nitrogens with one attached hydrogen (secondary N) is 1. The van der Waals surface area contributed by atoms with Crippen molar-refractivity contribution in [2.24, 2.45) is 0 Å². The molecule has 1 heterocycles. The van der Waals surface area contributed by atoms with E-state index in [1.807, 2.05) is 62.4 Å². The summed E-state index contributed by atoms with van der Waals surface area (Å²) in [5, 5.41) is 3.93. The smallest absolute Gasteiger partial charge is 0.254 e. The minimum absolute atomic E-state index is 0.0150. The Morgan fingerprint density at radius 3 is 2.50 bits per heavy atom. The number of carbonyl (C=O) groups excluding carboxylic acids is 1. The third-order valence-corrected chi connectivity index (χ3v) is 4.19. The van der Waals surface area contributed by atoms with Crippen LogP contribution in [0.2, 0.25) is 0 Å². The highest BCUT2D eigenvalue weighted by Gasteiger charge is 2.09. The molecule has 0 saturated carbocycles. The predicted molar refractivity (Wildman–Crippen MR) is 96.5 cm³/mol. The van der Waals surface area contributed by atoms with E-state index in [1.54, 1.807) is 10.6 Å². The highest BCUT2D eigenvalue weighted by molar-refractivity contribution is 5.95. The van der Waals surface area contributed by atoms with Gasteiger partial charge in [0.25, 0.3) is 11.5 Å². The summed E-state index contributed by atoms with van der Waals surface area (Å²) in [7, 11) is 0. The Morgan fingerprint density at radius 2 is 1.71 bits per heavy atom. The molecule has 0 aliphatic rings. The summed E-state index contributed by atoms with van der Waals surface area (Å²) in [6.07, 6.45) is 0. The zero-order valence-corrected chi connectivity index (χ0v) is 13.9. The number of fused-ring (bicyclic) bond motifs is 1. The fraction of sp³-hybridized carbons (Fsp3) is 0.200. The second kappa shape index (κ2) is 6.71. The average Bonchev–Trinajstić information content (AvgIpc) is 2.58. The Balaban J connectivity index is 1.79. The third-order valence-electron chi connectivity index (χ3n) is 4.19. The van der Waals surface area contributed by atoms with E-state index in [-0.39, 0.29) is 11.5 Å². The van der Waals surface area contributed by atoms with Gasteiger partial charge in [0.2, 0.25) is 0 Å². The first-order valence-corrected chi connectivity index (χ1v) is 8.01. The van der Waals surface area contributed by atoms with Crippen molar-refractivity contribution in [1.82, 2.24) is 9.88 Å². The monoisotopic (exact) mass is 320 g/mol. The van der Waals surface area contributed by atoms with E-state index in [4.69, 9.17) is 0 Å². The van der Waals surface area contributed by atoms with Crippen molar-refractivity contribution in [3.63, 3.8) is 0 Å². The van der Waals surface area contributed by atoms with Crippen molar-refractivity contribution in [1.29, 1.82) is 0 Å². The van der Waals surface area contributed by atoms with Crippen LogP contribution in [-0.4, -0.2) is 17.0 Å². The number of hydrogen-bond acceptors (Lipinski definition) is 2. The molecular formula is C20H20N2O2. The van der Waals surface area contributed by atoms with Gasteiger partial charge >= 0.3 is 0 Å². The Hall–Kier alpha value is -2.88. The first-order valence-electron chi connectivity index (χ1n) is 8.01. The lowest BCUT2D eigenvalue weighted by atomic mass is 10.1. The average molecular weight is 320 g/mol. The minimum Gasteiger partial charge on any atom is -0.350 e. The molecule has 24 heavy (non-hydrogen) atoms. The van der Waals surface area contributed by atoms with Crippen LogP contribution in [0.25, 0.3) is 10.9 Å².